The Hall–Kier alpha value is -0.940. The fourth-order valence-electron chi connectivity index (χ4n) is 5.27. The fourth-order valence-corrected chi connectivity index (χ4v) is 5.68. The molecule has 0 N–H and O–H groups in total. The summed E-state index contributed by atoms with van der Waals surface area (Å²) in [6.45, 7) is 8.17. The van der Waals surface area contributed by atoms with E-state index >= 15 is 0 Å². The Bertz CT molecular complexity index is 667. The highest BCUT2D eigenvalue weighted by molar-refractivity contribution is 9.10. The van der Waals surface area contributed by atoms with Crippen LogP contribution in [0.4, 0.5) is 4.39 Å². The van der Waals surface area contributed by atoms with Gasteiger partial charge in [-0.3, -0.25) is 4.79 Å². The van der Waals surface area contributed by atoms with Crippen molar-refractivity contribution >= 4 is 21.8 Å². The van der Waals surface area contributed by atoms with Crippen molar-refractivity contribution in [2.24, 2.45) is 11.8 Å². The number of carbonyl (C=O) groups excluding carboxylic acids is 1. The van der Waals surface area contributed by atoms with E-state index in [1.165, 1.54) is 70.6 Å². The van der Waals surface area contributed by atoms with Crippen molar-refractivity contribution in [3.63, 3.8) is 0 Å². The second-order valence-corrected chi connectivity index (χ2v) is 9.85. The molecular weight excluding hydrogens is 431 g/mol. The molecule has 1 saturated heterocycles. The van der Waals surface area contributed by atoms with Crippen molar-refractivity contribution in [2.75, 3.05) is 26.2 Å². The lowest BCUT2D eigenvalue weighted by Crippen LogP contribution is -2.41. The third-order valence-electron chi connectivity index (χ3n) is 7.08. The van der Waals surface area contributed by atoms with E-state index < -0.39 is 0 Å². The summed E-state index contributed by atoms with van der Waals surface area (Å²) in [5.41, 5.74) is 1.10. The predicted octanol–water partition coefficient (Wildman–Crippen LogP) is 5.66. The van der Waals surface area contributed by atoms with E-state index in [-0.39, 0.29) is 11.7 Å². The number of amides is 1. The van der Waals surface area contributed by atoms with Crippen LogP contribution in [0.1, 0.15) is 64.4 Å². The van der Waals surface area contributed by atoms with Gasteiger partial charge in [0.1, 0.15) is 5.82 Å². The third kappa shape index (κ3) is 6.52. The average molecular weight is 467 g/mol. The van der Waals surface area contributed by atoms with Gasteiger partial charge >= 0.3 is 0 Å². The summed E-state index contributed by atoms with van der Waals surface area (Å²) in [5.74, 6) is 1.56. The van der Waals surface area contributed by atoms with Gasteiger partial charge in [-0.2, -0.15) is 0 Å². The minimum atomic E-state index is -0.138. The molecule has 3 rings (SSSR count). The molecule has 1 heterocycles. The van der Waals surface area contributed by atoms with Crippen molar-refractivity contribution in [1.82, 2.24) is 9.80 Å². The van der Waals surface area contributed by atoms with Gasteiger partial charge in [-0.05, 0) is 114 Å². The maximum absolute atomic E-state index is 13.5. The molecule has 162 valence electrons. The Morgan fingerprint density at radius 1 is 1.14 bits per heavy atom. The molecule has 0 bridgehead atoms. The minimum absolute atomic E-state index is 0.138. The monoisotopic (exact) mass is 466 g/mol. The molecule has 1 aliphatic heterocycles. The van der Waals surface area contributed by atoms with Crippen molar-refractivity contribution in [1.29, 1.82) is 0 Å². The first kappa shape index (κ1) is 22.7. The Kier molecular flexibility index (Phi) is 8.55. The number of hydrogen-bond donors (Lipinski definition) is 0. The third-order valence-corrected chi connectivity index (χ3v) is 7.85. The van der Waals surface area contributed by atoms with Gasteiger partial charge in [0, 0.05) is 24.0 Å². The fraction of sp³-hybridized carbons (Fsp3) is 0.708. The van der Waals surface area contributed by atoms with Crippen LogP contribution in [-0.2, 0) is 11.2 Å². The summed E-state index contributed by atoms with van der Waals surface area (Å²) in [6, 6.07) is 5.49. The van der Waals surface area contributed by atoms with E-state index in [0.717, 1.165) is 28.9 Å². The Morgan fingerprint density at radius 2 is 1.83 bits per heavy atom. The average Bonchev–Trinajstić information content (AvgIpc) is 2.71. The number of nitrogens with zero attached hydrogens (tertiary/aromatic N) is 2. The van der Waals surface area contributed by atoms with Crippen LogP contribution in [-0.4, -0.2) is 47.9 Å². The highest BCUT2D eigenvalue weighted by Gasteiger charge is 2.27. The summed E-state index contributed by atoms with van der Waals surface area (Å²) < 4.78 is 14.6. The van der Waals surface area contributed by atoms with E-state index in [0.29, 0.717) is 12.0 Å². The highest BCUT2D eigenvalue weighted by atomic mass is 79.9. The molecule has 1 saturated carbocycles. The summed E-state index contributed by atoms with van der Waals surface area (Å²) in [5, 5.41) is 0. The van der Waals surface area contributed by atoms with E-state index in [2.05, 4.69) is 32.7 Å². The lowest BCUT2D eigenvalue weighted by Gasteiger charge is -2.37. The Balaban J connectivity index is 1.35. The summed E-state index contributed by atoms with van der Waals surface area (Å²) in [6.07, 6.45) is 9.54. The second kappa shape index (κ2) is 10.9. The molecule has 0 aromatic heterocycles. The van der Waals surface area contributed by atoms with Gasteiger partial charge in [-0.1, -0.05) is 15.9 Å². The van der Waals surface area contributed by atoms with Gasteiger partial charge in [-0.15, -0.1) is 0 Å². The summed E-state index contributed by atoms with van der Waals surface area (Å²) in [7, 11) is 0. The quantitative estimate of drug-likeness (QED) is 0.517. The van der Waals surface area contributed by atoms with E-state index in [4.69, 9.17) is 0 Å². The van der Waals surface area contributed by atoms with Gasteiger partial charge in [0.15, 0.2) is 0 Å². The summed E-state index contributed by atoms with van der Waals surface area (Å²) >= 11 is 3.56. The molecule has 1 aromatic carbocycles. The first-order chi connectivity index (χ1) is 14.0. The van der Waals surface area contributed by atoms with Crippen molar-refractivity contribution in [3.8, 4) is 0 Å². The zero-order valence-corrected chi connectivity index (χ0v) is 19.6. The van der Waals surface area contributed by atoms with Crippen LogP contribution in [0, 0.1) is 17.7 Å². The van der Waals surface area contributed by atoms with Crippen LogP contribution < -0.4 is 0 Å². The SMILES string of the molecule is CCN(C(C)=O)C1CCC(CCN2CCC(Cc3cc(F)ccc3Br)CC2)CC1. The normalized spacial score (nSPS) is 23.9. The largest absolute Gasteiger partial charge is 0.340 e. The molecule has 3 nitrogen and oxygen atoms in total. The maximum atomic E-state index is 13.5. The van der Waals surface area contributed by atoms with Crippen LogP contribution in [0.5, 0.6) is 0 Å². The molecular formula is C24H36BrFN2O. The van der Waals surface area contributed by atoms with Crippen LogP contribution in [0.2, 0.25) is 0 Å². The number of hydrogen-bond acceptors (Lipinski definition) is 2. The van der Waals surface area contributed by atoms with Gasteiger partial charge in [0.2, 0.25) is 5.91 Å². The molecule has 0 spiro atoms. The molecule has 1 amide bonds. The molecule has 1 aliphatic carbocycles. The molecule has 0 atom stereocenters. The Morgan fingerprint density at radius 3 is 2.45 bits per heavy atom. The molecule has 0 unspecified atom stereocenters. The van der Waals surface area contributed by atoms with Gasteiger partial charge in [0.05, 0.1) is 0 Å². The highest BCUT2D eigenvalue weighted by Crippen LogP contribution is 2.31. The molecule has 2 aliphatic rings. The number of halogens is 2. The van der Waals surface area contributed by atoms with Crippen molar-refractivity contribution < 1.29 is 9.18 Å². The van der Waals surface area contributed by atoms with Crippen molar-refractivity contribution in [2.45, 2.75) is 71.3 Å². The number of rotatable bonds is 7. The summed E-state index contributed by atoms with van der Waals surface area (Å²) in [4.78, 5) is 16.4. The lowest BCUT2D eigenvalue weighted by molar-refractivity contribution is -0.131. The van der Waals surface area contributed by atoms with Crippen molar-refractivity contribution in [3.05, 3.63) is 34.1 Å². The Labute approximate surface area is 184 Å². The zero-order valence-electron chi connectivity index (χ0n) is 18.0. The molecule has 2 fully saturated rings. The molecule has 5 heteroatoms. The van der Waals surface area contributed by atoms with E-state index in [1.54, 1.807) is 13.0 Å². The van der Waals surface area contributed by atoms with Crippen LogP contribution in [0.3, 0.4) is 0 Å². The smallest absolute Gasteiger partial charge is 0.219 e. The second-order valence-electron chi connectivity index (χ2n) is 8.99. The number of likely N-dealkylation sites (tertiary alicyclic amines) is 1. The lowest BCUT2D eigenvalue weighted by atomic mass is 9.83. The van der Waals surface area contributed by atoms with E-state index in [1.807, 2.05) is 6.07 Å². The minimum Gasteiger partial charge on any atom is -0.340 e. The number of benzene rings is 1. The zero-order chi connectivity index (χ0) is 20.8. The van der Waals surface area contributed by atoms with Gasteiger partial charge in [-0.25, -0.2) is 4.39 Å². The number of carbonyl (C=O) groups is 1. The van der Waals surface area contributed by atoms with Gasteiger partial charge in [0.25, 0.3) is 0 Å². The first-order valence-corrected chi connectivity index (χ1v) is 12.2. The van der Waals surface area contributed by atoms with Gasteiger partial charge < -0.3 is 9.80 Å². The standard InChI is InChI=1S/C24H36BrFN2O/c1-3-28(18(2)29)23-7-4-19(5-8-23)10-13-27-14-11-20(12-15-27)16-21-17-22(26)6-9-24(21)25/h6,9,17,19-20,23H,3-5,7-8,10-16H2,1-2H3. The molecule has 1 aromatic rings. The number of piperidine rings is 1. The maximum Gasteiger partial charge on any atom is 0.219 e. The van der Waals surface area contributed by atoms with Crippen LogP contribution in [0.15, 0.2) is 22.7 Å². The first-order valence-electron chi connectivity index (χ1n) is 11.4. The predicted molar refractivity (Wildman–Crippen MR) is 120 cm³/mol. The van der Waals surface area contributed by atoms with Crippen LogP contribution in [0.25, 0.3) is 0 Å². The molecule has 0 radical (unpaired) electrons. The molecule has 29 heavy (non-hydrogen) atoms. The van der Waals surface area contributed by atoms with E-state index in [9.17, 15) is 9.18 Å². The van der Waals surface area contributed by atoms with Crippen LogP contribution >= 0.6 is 15.9 Å². The topological polar surface area (TPSA) is 23.6 Å².